The van der Waals surface area contributed by atoms with Crippen LogP contribution in [0.1, 0.15) is 5.56 Å². The summed E-state index contributed by atoms with van der Waals surface area (Å²) in [6, 6.07) is 11.7. The number of rotatable bonds is 3. The Bertz CT molecular complexity index is 1100. The molecule has 0 unspecified atom stereocenters. The van der Waals surface area contributed by atoms with Crippen molar-refractivity contribution in [3.8, 4) is 17.1 Å². The monoisotopic (exact) mass is 364 g/mol. The minimum Gasteiger partial charge on any atom is -0.452 e. The van der Waals surface area contributed by atoms with Crippen LogP contribution in [0.3, 0.4) is 0 Å². The molecule has 0 saturated heterocycles. The molecule has 0 aliphatic rings. The summed E-state index contributed by atoms with van der Waals surface area (Å²) < 4.78 is 33.9. The maximum absolute atomic E-state index is 12.8. The molecule has 3 aromatic rings. The second-order valence-electron chi connectivity index (χ2n) is 5.36. The summed E-state index contributed by atoms with van der Waals surface area (Å²) in [5.41, 5.74) is 0.963. The third-order valence-electron chi connectivity index (χ3n) is 3.36. The van der Waals surface area contributed by atoms with E-state index < -0.39 is 21.3 Å². The molecular weight excluding hydrogens is 352 g/mol. The zero-order chi connectivity index (χ0) is 17.5. The molecule has 1 heterocycles. The van der Waals surface area contributed by atoms with E-state index in [1.54, 1.807) is 42.5 Å². The fourth-order valence-corrected chi connectivity index (χ4v) is 3.02. The van der Waals surface area contributed by atoms with E-state index in [9.17, 15) is 13.2 Å². The fraction of sp³-hybridized carbons (Fsp3) is 0.118. The van der Waals surface area contributed by atoms with Gasteiger partial charge in [-0.3, -0.25) is 4.79 Å². The molecule has 0 N–H and O–H groups in total. The predicted molar refractivity (Wildman–Crippen MR) is 93.1 cm³/mol. The van der Waals surface area contributed by atoms with Crippen LogP contribution in [-0.2, 0) is 10.1 Å². The van der Waals surface area contributed by atoms with Gasteiger partial charge >= 0.3 is 10.1 Å². The zero-order valence-corrected chi connectivity index (χ0v) is 14.4. The average Bonchev–Trinajstić information content (AvgIpc) is 2.50. The van der Waals surface area contributed by atoms with Gasteiger partial charge in [0.2, 0.25) is 11.2 Å². The van der Waals surface area contributed by atoms with E-state index in [0.717, 1.165) is 11.8 Å². The van der Waals surface area contributed by atoms with Crippen LogP contribution in [0, 0.1) is 6.92 Å². The summed E-state index contributed by atoms with van der Waals surface area (Å²) in [7, 11) is -3.92. The maximum Gasteiger partial charge on any atom is 0.306 e. The highest BCUT2D eigenvalue weighted by Gasteiger charge is 2.22. The van der Waals surface area contributed by atoms with Gasteiger partial charge in [0.05, 0.1) is 16.7 Å². The topological polar surface area (TPSA) is 73.6 Å². The Kier molecular flexibility index (Phi) is 4.11. The average molecular weight is 365 g/mol. The van der Waals surface area contributed by atoms with Crippen LogP contribution in [-0.4, -0.2) is 14.7 Å². The normalized spacial score (nSPS) is 11.6. The van der Waals surface area contributed by atoms with Crippen LogP contribution in [0.2, 0.25) is 5.02 Å². The largest absolute Gasteiger partial charge is 0.452 e. The first-order valence-electron chi connectivity index (χ1n) is 6.98. The highest BCUT2D eigenvalue weighted by molar-refractivity contribution is 7.86. The molecule has 3 rings (SSSR count). The van der Waals surface area contributed by atoms with Crippen molar-refractivity contribution in [1.29, 1.82) is 0 Å². The van der Waals surface area contributed by atoms with Crippen molar-refractivity contribution in [2.75, 3.05) is 6.26 Å². The van der Waals surface area contributed by atoms with Crippen molar-refractivity contribution < 1.29 is 17.0 Å². The first kappa shape index (κ1) is 16.5. The number of aryl methyl sites for hydroxylation is 1. The minimum atomic E-state index is -3.92. The molecular formula is C17H13ClO5S. The lowest BCUT2D eigenvalue weighted by atomic mass is 10.1. The molecule has 2 aromatic carbocycles. The number of benzene rings is 2. The van der Waals surface area contributed by atoms with E-state index >= 15 is 0 Å². The Morgan fingerprint density at radius 1 is 1.12 bits per heavy atom. The Morgan fingerprint density at radius 2 is 1.83 bits per heavy atom. The molecule has 0 bridgehead atoms. The highest BCUT2D eigenvalue weighted by atomic mass is 35.5. The van der Waals surface area contributed by atoms with E-state index in [0.29, 0.717) is 16.2 Å². The second kappa shape index (κ2) is 5.96. The van der Waals surface area contributed by atoms with Crippen LogP contribution in [0.25, 0.3) is 22.3 Å². The van der Waals surface area contributed by atoms with Gasteiger partial charge in [-0.2, -0.15) is 8.42 Å². The van der Waals surface area contributed by atoms with Gasteiger partial charge in [0.15, 0.2) is 5.76 Å². The van der Waals surface area contributed by atoms with Gasteiger partial charge in [0.25, 0.3) is 0 Å². The summed E-state index contributed by atoms with van der Waals surface area (Å²) in [6.45, 7) is 1.82. The molecule has 0 saturated carbocycles. The van der Waals surface area contributed by atoms with Crippen molar-refractivity contribution in [3.05, 3.63) is 63.3 Å². The van der Waals surface area contributed by atoms with E-state index in [4.69, 9.17) is 20.2 Å². The molecule has 124 valence electrons. The van der Waals surface area contributed by atoms with Gasteiger partial charge in [-0.1, -0.05) is 35.4 Å². The van der Waals surface area contributed by atoms with Gasteiger partial charge < -0.3 is 8.60 Å². The van der Waals surface area contributed by atoms with Crippen LogP contribution >= 0.6 is 11.6 Å². The number of hydrogen-bond acceptors (Lipinski definition) is 5. The number of hydrogen-bond donors (Lipinski definition) is 0. The Balaban J connectivity index is 2.43. The van der Waals surface area contributed by atoms with Gasteiger partial charge in [-0.25, -0.2) is 0 Å². The molecule has 0 spiro atoms. The van der Waals surface area contributed by atoms with Crippen molar-refractivity contribution >= 4 is 32.7 Å². The van der Waals surface area contributed by atoms with Crippen LogP contribution < -0.4 is 9.61 Å². The van der Waals surface area contributed by atoms with Gasteiger partial charge in [0.1, 0.15) is 5.58 Å². The summed E-state index contributed by atoms with van der Waals surface area (Å²) in [6.07, 6.45) is 0.864. The van der Waals surface area contributed by atoms with E-state index in [1.807, 2.05) is 6.92 Å². The first-order chi connectivity index (χ1) is 11.3. The molecule has 7 heteroatoms. The van der Waals surface area contributed by atoms with Gasteiger partial charge in [-0.05, 0) is 31.2 Å². The molecule has 0 aliphatic carbocycles. The lowest BCUT2D eigenvalue weighted by Crippen LogP contribution is -2.15. The van der Waals surface area contributed by atoms with Crippen LogP contribution in [0.4, 0.5) is 0 Å². The molecule has 0 amide bonds. The quantitative estimate of drug-likeness (QED) is 0.661. The number of halogens is 1. The molecule has 0 aliphatic heterocycles. The maximum atomic E-state index is 12.8. The summed E-state index contributed by atoms with van der Waals surface area (Å²) >= 11 is 6.16. The SMILES string of the molecule is Cc1ccc2oc(-c3ccccc3Cl)c(OS(C)(=O)=O)c(=O)c2c1. The van der Waals surface area contributed by atoms with E-state index in [-0.39, 0.29) is 11.1 Å². The van der Waals surface area contributed by atoms with E-state index in [1.165, 1.54) is 0 Å². The second-order valence-corrected chi connectivity index (χ2v) is 7.34. The van der Waals surface area contributed by atoms with Crippen LogP contribution in [0.5, 0.6) is 5.75 Å². The highest BCUT2D eigenvalue weighted by Crippen LogP contribution is 2.35. The molecule has 0 atom stereocenters. The Morgan fingerprint density at radius 3 is 2.50 bits per heavy atom. The molecule has 0 fully saturated rings. The molecule has 1 aromatic heterocycles. The Hall–Kier alpha value is -2.31. The third-order valence-corrected chi connectivity index (χ3v) is 4.16. The van der Waals surface area contributed by atoms with Gasteiger partial charge in [-0.15, -0.1) is 0 Å². The van der Waals surface area contributed by atoms with Crippen LogP contribution in [0.15, 0.2) is 51.7 Å². The predicted octanol–water partition coefficient (Wildman–Crippen LogP) is 3.76. The Labute approximate surface area is 143 Å². The smallest absolute Gasteiger partial charge is 0.306 e. The summed E-state index contributed by atoms with van der Waals surface area (Å²) in [4.78, 5) is 12.8. The first-order valence-corrected chi connectivity index (χ1v) is 9.17. The lowest BCUT2D eigenvalue weighted by Gasteiger charge is -2.11. The minimum absolute atomic E-state index is 0.0209. The molecule has 5 nitrogen and oxygen atoms in total. The van der Waals surface area contributed by atoms with Crippen molar-refractivity contribution in [1.82, 2.24) is 0 Å². The molecule has 0 radical (unpaired) electrons. The fourth-order valence-electron chi connectivity index (χ4n) is 2.34. The zero-order valence-electron chi connectivity index (χ0n) is 12.9. The summed E-state index contributed by atoms with van der Waals surface area (Å²) in [5.74, 6) is -0.420. The standard InChI is InChI=1S/C17H13ClO5S/c1-10-7-8-14-12(9-10)15(19)17(23-24(2,20)21)16(22-14)11-5-3-4-6-13(11)18/h3-9H,1-2H3. The van der Waals surface area contributed by atoms with Crippen molar-refractivity contribution in [2.45, 2.75) is 6.92 Å². The summed E-state index contributed by atoms with van der Waals surface area (Å²) in [5, 5.41) is 0.551. The third kappa shape index (κ3) is 3.16. The van der Waals surface area contributed by atoms with Gasteiger partial charge in [0, 0.05) is 5.56 Å². The van der Waals surface area contributed by atoms with Crippen molar-refractivity contribution in [3.63, 3.8) is 0 Å². The van der Waals surface area contributed by atoms with Crippen molar-refractivity contribution in [2.24, 2.45) is 0 Å². The lowest BCUT2D eigenvalue weighted by molar-refractivity contribution is 0.477. The number of fused-ring (bicyclic) bond motifs is 1. The molecule has 24 heavy (non-hydrogen) atoms. The van der Waals surface area contributed by atoms with E-state index in [2.05, 4.69) is 0 Å².